The Balaban J connectivity index is 4.75. The molecule has 0 aromatic rings. The van der Waals surface area contributed by atoms with E-state index in [-0.39, 0.29) is 16.7 Å². The van der Waals surface area contributed by atoms with Gasteiger partial charge >= 0.3 is 5.97 Å². The summed E-state index contributed by atoms with van der Waals surface area (Å²) in [6, 6.07) is -0.656. The SMILES string of the molecule is CCC(C)(CC)NC(CCC(=O)C(C)(CC)CC)C(=O)O. The van der Waals surface area contributed by atoms with Crippen molar-refractivity contribution in [1.82, 2.24) is 5.32 Å². The lowest BCUT2D eigenvalue weighted by molar-refractivity contribution is -0.140. The Kier molecular flexibility index (Phi) is 8.16. The fourth-order valence-corrected chi connectivity index (χ4v) is 2.35. The van der Waals surface area contributed by atoms with Crippen molar-refractivity contribution in [3.05, 3.63) is 0 Å². The Bertz CT molecular complexity index is 344. The van der Waals surface area contributed by atoms with Gasteiger partial charge in [0.2, 0.25) is 0 Å². The molecule has 0 aromatic heterocycles. The van der Waals surface area contributed by atoms with Crippen LogP contribution in [0.3, 0.4) is 0 Å². The summed E-state index contributed by atoms with van der Waals surface area (Å²) in [5, 5.41) is 12.6. The van der Waals surface area contributed by atoms with E-state index in [0.29, 0.717) is 12.8 Å². The fourth-order valence-electron chi connectivity index (χ4n) is 2.35. The first-order chi connectivity index (χ1) is 9.67. The Morgan fingerprint density at radius 2 is 1.48 bits per heavy atom. The summed E-state index contributed by atoms with van der Waals surface area (Å²) in [7, 11) is 0. The summed E-state index contributed by atoms with van der Waals surface area (Å²) in [5.41, 5.74) is -0.507. The number of carbonyl (C=O) groups is 2. The highest BCUT2D eigenvalue weighted by molar-refractivity contribution is 5.85. The van der Waals surface area contributed by atoms with Crippen molar-refractivity contribution < 1.29 is 14.7 Å². The van der Waals surface area contributed by atoms with E-state index in [9.17, 15) is 14.7 Å². The van der Waals surface area contributed by atoms with Crippen LogP contribution in [0.5, 0.6) is 0 Å². The van der Waals surface area contributed by atoms with E-state index in [1.165, 1.54) is 0 Å². The maximum Gasteiger partial charge on any atom is 0.320 e. The van der Waals surface area contributed by atoms with Crippen LogP contribution in [0, 0.1) is 5.41 Å². The molecule has 124 valence electrons. The standard InChI is InChI=1S/C17H33NO3/c1-7-16(5,8-2)14(19)12-11-13(15(20)21)18-17(6,9-3)10-4/h13,18H,7-12H2,1-6H3,(H,20,21). The fraction of sp³-hybridized carbons (Fsp3) is 0.882. The second-order valence-corrected chi connectivity index (χ2v) is 6.53. The van der Waals surface area contributed by atoms with Gasteiger partial charge in [-0.1, -0.05) is 34.6 Å². The van der Waals surface area contributed by atoms with Crippen molar-refractivity contribution in [2.75, 3.05) is 0 Å². The predicted molar refractivity (Wildman–Crippen MR) is 86.5 cm³/mol. The maximum absolute atomic E-state index is 12.3. The van der Waals surface area contributed by atoms with Gasteiger partial charge in [0.15, 0.2) is 0 Å². The van der Waals surface area contributed by atoms with E-state index < -0.39 is 12.0 Å². The smallest absolute Gasteiger partial charge is 0.320 e. The second-order valence-electron chi connectivity index (χ2n) is 6.53. The molecule has 4 nitrogen and oxygen atoms in total. The zero-order valence-corrected chi connectivity index (χ0v) is 14.6. The molecule has 0 fully saturated rings. The van der Waals surface area contributed by atoms with Gasteiger partial charge in [-0.2, -0.15) is 0 Å². The molecule has 0 rings (SSSR count). The molecule has 0 saturated carbocycles. The van der Waals surface area contributed by atoms with Gasteiger partial charge in [0.25, 0.3) is 0 Å². The van der Waals surface area contributed by atoms with E-state index >= 15 is 0 Å². The zero-order chi connectivity index (χ0) is 16.7. The number of aliphatic carboxylic acids is 1. The number of carbonyl (C=O) groups excluding carboxylic acids is 1. The molecule has 0 aromatic carbocycles. The monoisotopic (exact) mass is 299 g/mol. The molecule has 1 unspecified atom stereocenters. The van der Waals surface area contributed by atoms with E-state index in [0.717, 1.165) is 25.7 Å². The number of hydrogen-bond donors (Lipinski definition) is 2. The molecular formula is C17H33NO3. The van der Waals surface area contributed by atoms with Gasteiger partial charge in [0, 0.05) is 17.4 Å². The molecule has 1 atom stereocenters. The predicted octanol–water partition coefficient (Wildman–Crippen LogP) is 3.78. The summed E-state index contributed by atoms with van der Waals surface area (Å²) >= 11 is 0. The normalized spacial score (nSPS) is 14.0. The number of Topliss-reactive ketones (excluding diaryl/α,β-unsaturated/α-hetero) is 1. The van der Waals surface area contributed by atoms with Crippen molar-refractivity contribution in [3.8, 4) is 0 Å². The van der Waals surface area contributed by atoms with Gasteiger partial charge in [-0.3, -0.25) is 14.9 Å². The molecule has 0 spiro atoms. The van der Waals surface area contributed by atoms with Gasteiger partial charge in [0.05, 0.1) is 0 Å². The van der Waals surface area contributed by atoms with E-state index in [1.807, 2.05) is 41.5 Å². The molecular weight excluding hydrogens is 266 g/mol. The number of carboxylic acids is 1. The van der Waals surface area contributed by atoms with Crippen LogP contribution >= 0.6 is 0 Å². The molecule has 0 bridgehead atoms. The number of carboxylic acid groups (broad SMARTS) is 1. The van der Waals surface area contributed by atoms with Crippen LogP contribution in [-0.4, -0.2) is 28.4 Å². The Morgan fingerprint density at radius 1 is 1.00 bits per heavy atom. The first-order valence-corrected chi connectivity index (χ1v) is 8.21. The quantitative estimate of drug-likeness (QED) is 0.609. The molecule has 0 amide bonds. The third kappa shape index (κ3) is 5.77. The molecule has 0 radical (unpaired) electrons. The summed E-state index contributed by atoms with van der Waals surface area (Å²) in [6.07, 6.45) is 4.01. The van der Waals surface area contributed by atoms with Crippen molar-refractivity contribution in [1.29, 1.82) is 0 Å². The minimum absolute atomic E-state index is 0.176. The third-order valence-corrected chi connectivity index (χ3v) is 5.28. The van der Waals surface area contributed by atoms with Gasteiger partial charge in [-0.25, -0.2) is 0 Å². The summed E-state index contributed by atoms with van der Waals surface area (Å²) in [6.45, 7) is 12.1. The highest BCUT2D eigenvalue weighted by atomic mass is 16.4. The largest absolute Gasteiger partial charge is 0.480 e. The average molecular weight is 299 g/mol. The first-order valence-electron chi connectivity index (χ1n) is 8.21. The van der Waals surface area contributed by atoms with Crippen molar-refractivity contribution in [3.63, 3.8) is 0 Å². The number of ketones is 1. The maximum atomic E-state index is 12.3. The van der Waals surface area contributed by atoms with Crippen LogP contribution in [0.4, 0.5) is 0 Å². The van der Waals surface area contributed by atoms with Gasteiger partial charge < -0.3 is 5.11 Å². The number of rotatable bonds is 11. The Hall–Kier alpha value is -0.900. The number of nitrogens with one attached hydrogen (secondary N) is 1. The van der Waals surface area contributed by atoms with Crippen molar-refractivity contribution in [2.24, 2.45) is 5.41 Å². The Morgan fingerprint density at radius 3 is 1.81 bits per heavy atom. The van der Waals surface area contributed by atoms with E-state index in [4.69, 9.17) is 0 Å². The van der Waals surface area contributed by atoms with E-state index in [2.05, 4.69) is 5.32 Å². The lowest BCUT2D eigenvalue weighted by atomic mass is 9.78. The van der Waals surface area contributed by atoms with Crippen LogP contribution < -0.4 is 5.32 Å². The van der Waals surface area contributed by atoms with E-state index in [1.54, 1.807) is 0 Å². The first kappa shape index (κ1) is 20.1. The van der Waals surface area contributed by atoms with Crippen LogP contribution in [0.2, 0.25) is 0 Å². The Labute approximate surface area is 129 Å². The minimum Gasteiger partial charge on any atom is -0.480 e. The van der Waals surface area contributed by atoms with Crippen LogP contribution in [-0.2, 0) is 9.59 Å². The van der Waals surface area contributed by atoms with Crippen molar-refractivity contribution in [2.45, 2.75) is 91.6 Å². The second kappa shape index (κ2) is 8.52. The lowest BCUT2D eigenvalue weighted by Crippen LogP contribution is -2.51. The van der Waals surface area contributed by atoms with Crippen LogP contribution in [0.15, 0.2) is 0 Å². The molecule has 0 heterocycles. The average Bonchev–Trinajstić information content (AvgIpc) is 2.49. The minimum atomic E-state index is -0.870. The molecule has 0 saturated heterocycles. The van der Waals surface area contributed by atoms with Gasteiger partial charge in [-0.05, 0) is 39.0 Å². The summed E-state index contributed by atoms with van der Waals surface area (Å²) in [4.78, 5) is 23.8. The molecule has 0 aliphatic rings. The zero-order valence-electron chi connectivity index (χ0n) is 14.6. The highest BCUT2D eigenvalue weighted by Crippen LogP contribution is 2.29. The molecule has 0 aliphatic carbocycles. The van der Waals surface area contributed by atoms with Crippen LogP contribution in [0.1, 0.15) is 80.1 Å². The van der Waals surface area contributed by atoms with Crippen LogP contribution in [0.25, 0.3) is 0 Å². The molecule has 21 heavy (non-hydrogen) atoms. The molecule has 4 heteroatoms. The topological polar surface area (TPSA) is 66.4 Å². The lowest BCUT2D eigenvalue weighted by Gasteiger charge is -2.32. The summed E-state index contributed by atoms with van der Waals surface area (Å²) < 4.78 is 0. The highest BCUT2D eigenvalue weighted by Gasteiger charge is 2.32. The van der Waals surface area contributed by atoms with Crippen molar-refractivity contribution >= 4 is 11.8 Å². The molecule has 0 aliphatic heterocycles. The molecule has 2 N–H and O–H groups in total. The van der Waals surface area contributed by atoms with Gasteiger partial charge in [0.1, 0.15) is 11.8 Å². The summed E-state index contributed by atoms with van der Waals surface area (Å²) in [5.74, 6) is -0.694. The number of hydrogen-bond acceptors (Lipinski definition) is 3. The third-order valence-electron chi connectivity index (χ3n) is 5.28. The van der Waals surface area contributed by atoms with Gasteiger partial charge in [-0.15, -0.1) is 0 Å².